The number of piperidine rings is 1. The molecule has 1 aromatic carbocycles. The molecule has 11 heteroatoms. The number of nitrogens with one attached hydrogen (secondary N) is 3. The van der Waals surface area contributed by atoms with E-state index < -0.39 is 11.8 Å². The number of anilines is 1. The van der Waals surface area contributed by atoms with Crippen molar-refractivity contribution in [2.75, 3.05) is 25.0 Å². The lowest BCUT2D eigenvalue weighted by molar-refractivity contribution is 0.0857. The number of nitrogens with zero attached hydrogens (tertiary/aromatic N) is 2. The third-order valence-electron chi connectivity index (χ3n) is 4.66. The summed E-state index contributed by atoms with van der Waals surface area (Å²) in [7, 11) is 0. The third kappa shape index (κ3) is 5.03. The Kier molecular flexibility index (Phi) is 7.17. The minimum absolute atomic E-state index is 0.111. The van der Waals surface area contributed by atoms with E-state index in [1.54, 1.807) is 30.0 Å². The maximum Gasteiger partial charge on any atom is 0.409 e. The number of aromatic amines is 1. The number of H-pyrrole nitrogens is 1. The van der Waals surface area contributed by atoms with Crippen LogP contribution in [0.2, 0.25) is 10.0 Å². The second kappa shape index (κ2) is 9.82. The number of hydrogen-bond donors (Lipinski definition) is 3. The van der Waals surface area contributed by atoms with Gasteiger partial charge < -0.3 is 20.3 Å². The van der Waals surface area contributed by atoms with Crippen molar-refractivity contribution in [1.82, 2.24) is 20.4 Å². The molecular formula is C19H21Cl2N5O4. The first kappa shape index (κ1) is 21.9. The summed E-state index contributed by atoms with van der Waals surface area (Å²) in [6, 6.07) is 4.61. The maximum atomic E-state index is 12.7. The molecule has 2 aromatic rings. The first-order valence-corrected chi connectivity index (χ1v) is 10.2. The molecule has 0 spiro atoms. The van der Waals surface area contributed by atoms with Gasteiger partial charge in [-0.25, -0.2) is 4.79 Å². The molecule has 1 aliphatic rings. The van der Waals surface area contributed by atoms with Gasteiger partial charge >= 0.3 is 6.09 Å². The van der Waals surface area contributed by atoms with E-state index in [0.717, 1.165) is 0 Å². The number of halogens is 2. The van der Waals surface area contributed by atoms with Crippen molar-refractivity contribution in [3.8, 4) is 0 Å². The lowest BCUT2D eigenvalue weighted by atomic mass is 10.1. The van der Waals surface area contributed by atoms with Crippen LogP contribution in [0, 0.1) is 0 Å². The highest BCUT2D eigenvalue weighted by molar-refractivity contribution is 6.40. The summed E-state index contributed by atoms with van der Waals surface area (Å²) in [6.45, 7) is 3.05. The fourth-order valence-electron chi connectivity index (χ4n) is 3.13. The van der Waals surface area contributed by atoms with E-state index in [2.05, 4.69) is 20.8 Å². The average Bonchev–Trinajstić information content (AvgIpc) is 3.17. The van der Waals surface area contributed by atoms with Crippen LogP contribution in [0.25, 0.3) is 0 Å². The number of amides is 3. The van der Waals surface area contributed by atoms with Gasteiger partial charge in [-0.2, -0.15) is 5.10 Å². The van der Waals surface area contributed by atoms with Gasteiger partial charge in [0.1, 0.15) is 5.69 Å². The van der Waals surface area contributed by atoms with Crippen LogP contribution in [-0.4, -0.2) is 58.7 Å². The lowest BCUT2D eigenvalue weighted by Gasteiger charge is -2.31. The summed E-state index contributed by atoms with van der Waals surface area (Å²) >= 11 is 12.1. The number of benzene rings is 1. The van der Waals surface area contributed by atoms with Crippen molar-refractivity contribution in [3.05, 3.63) is 45.7 Å². The molecule has 0 saturated carbocycles. The van der Waals surface area contributed by atoms with Gasteiger partial charge in [-0.15, -0.1) is 0 Å². The summed E-state index contributed by atoms with van der Waals surface area (Å²) in [6.07, 6.45) is 2.17. The van der Waals surface area contributed by atoms with Crippen LogP contribution in [0.4, 0.5) is 10.5 Å². The van der Waals surface area contributed by atoms with Crippen molar-refractivity contribution < 1.29 is 19.1 Å². The van der Waals surface area contributed by atoms with Gasteiger partial charge in [0.2, 0.25) is 0 Å². The molecule has 0 bridgehead atoms. The van der Waals surface area contributed by atoms with Crippen LogP contribution < -0.4 is 10.6 Å². The number of carbonyl (C=O) groups is 3. The molecule has 3 N–H and O–H groups in total. The van der Waals surface area contributed by atoms with Crippen molar-refractivity contribution in [2.24, 2.45) is 0 Å². The highest BCUT2D eigenvalue weighted by atomic mass is 35.5. The van der Waals surface area contributed by atoms with E-state index in [1.165, 1.54) is 6.20 Å². The van der Waals surface area contributed by atoms with Crippen molar-refractivity contribution in [2.45, 2.75) is 25.8 Å². The molecule has 3 rings (SSSR count). The van der Waals surface area contributed by atoms with Crippen LogP contribution in [-0.2, 0) is 4.74 Å². The number of hydrogen-bond acceptors (Lipinski definition) is 5. The number of carbonyl (C=O) groups excluding carboxylic acids is 3. The van der Waals surface area contributed by atoms with Crippen molar-refractivity contribution in [1.29, 1.82) is 0 Å². The van der Waals surface area contributed by atoms with E-state index in [-0.39, 0.29) is 39.1 Å². The van der Waals surface area contributed by atoms with E-state index in [9.17, 15) is 14.4 Å². The first-order chi connectivity index (χ1) is 14.4. The minimum Gasteiger partial charge on any atom is -0.450 e. The molecule has 9 nitrogen and oxygen atoms in total. The molecule has 0 atom stereocenters. The fraction of sp³-hybridized carbons (Fsp3) is 0.368. The second-order valence-electron chi connectivity index (χ2n) is 6.64. The molecule has 0 unspecified atom stereocenters. The maximum absolute atomic E-state index is 12.7. The number of aromatic nitrogens is 2. The molecule has 0 aliphatic carbocycles. The Morgan fingerprint density at radius 2 is 1.87 bits per heavy atom. The number of likely N-dealkylation sites (tertiary alicyclic amines) is 1. The Balaban J connectivity index is 1.61. The summed E-state index contributed by atoms with van der Waals surface area (Å²) < 4.78 is 4.99. The summed E-state index contributed by atoms with van der Waals surface area (Å²) in [5.74, 6) is -0.966. The minimum atomic E-state index is -0.552. The first-order valence-electron chi connectivity index (χ1n) is 9.42. The molecule has 0 radical (unpaired) electrons. The van der Waals surface area contributed by atoms with Crippen molar-refractivity contribution >= 4 is 46.8 Å². The molecule has 160 valence electrons. The predicted octanol–water partition coefficient (Wildman–Crippen LogP) is 3.32. The van der Waals surface area contributed by atoms with E-state index in [1.807, 2.05) is 0 Å². The SMILES string of the molecule is CCOC(=O)N1CCC(NC(=O)c2[nH]ncc2NC(=O)c2c(Cl)cccc2Cl)CC1. The molecular weight excluding hydrogens is 433 g/mol. The largest absolute Gasteiger partial charge is 0.450 e. The second-order valence-corrected chi connectivity index (χ2v) is 7.46. The summed E-state index contributed by atoms with van der Waals surface area (Å²) in [5.41, 5.74) is 0.427. The monoisotopic (exact) mass is 453 g/mol. The van der Waals surface area contributed by atoms with E-state index in [0.29, 0.717) is 32.5 Å². The van der Waals surface area contributed by atoms with Gasteiger partial charge in [-0.05, 0) is 31.9 Å². The normalized spacial score (nSPS) is 14.3. The van der Waals surface area contributed by atoms with Gasteiger partial charge in [-0.1, -0.05) is 29.3 Å². The van der Waals surface area contributed by atoms with Crippen LogP contribution in [0.5, 0.6) is 0 Å². The molecule has 1 fully saturated rings. The fourth-order valence-corrected chi connectivity index (χ4v) is 3.70. The summed E-state index contributed by atoms with van der Waals surface area (Å²) in [5, 5.41) is 12.3. The highest BCUT2D eigenvalue weighted by Gasteiger charge is 2.26. The molecule has 30 heavy (non-hydrogen) atoms. The Morgan fingerprint density at radius 1 is 1.20 bits per heavy atom. The molecule has 1 aliphatic heterocycles. The van der Waals surface area contributed by atoms with Crippen molar-refractivity contribution in [3.63, 3.8) is 0 Å². The van der Waals surface area contributed by atoms with Gasteiger partial charge in [0, 0.05) is 19.1 Å². The molecule has 1 saturated heterocycles. The molecule has 1 aromatic heterocycles. The van der Waals surface area contributed by atoms with Gasteiger partial charge in [0.05, 0.1) is 34.1 Å². The van der Waals surface area contributed by atoms with Crippen LogP contribution in [0.1, 0.15) is 40.6 Å². The highest BCUT2D eigenvalue weighted by Crippen LogP contribution is 2.26. The average molecular weight is 454 g/mol. The van der Waals surface area contributed by atoms with Crippen LogP contribution >= 0.6 is 23.2 Å². The zero-order valence-electron chi connectivity index (χ0n) is 16.2. The van der Waals surface area contributed by atoms with Crippen LogP contribution in [0.3, 0.4) is 0 Å². The number of rotatable bonds is 5. The smallest absolute Gasteiger partial charge is 0.409 e. The Hall–Kier alpha value is -2.78. The van der Waals surface area contributed by atoms with E-state index >= 15 is 0 Å². The number of ether oxygens (including phenoxy) is 1. The predicted molar refractivity (Wildman–Crippen MR) is 112 cm³/mol. The molecule has 3 amide bonds. The summed E-state index contributed by atoms with van der Waals surface area (Å²) in [4.78, 5) is 38.6. The Labute approximate surface area is 183 Å². The Bertz CT molecular complexity index is 921. The van der Waals surface area contributed by atoms with E-state index in [4.69, 9.17) is 27.9 Å². The van der Waals surface area contributed by atoms with Crippen LogP contribution in [0.15, 0.2) is 24.4 Å². The van der Waals surface area contributed by atoms with Gasteiger partial charge in [0.25, 0.3) is 11.8 Å². The lowest BCUT2D eigenvalue weighted by Crippen LogP contribution is -2.46. The van der Waals surface area contributed by atoms with Gasteiger partial charge in [-0.3, -0.25) is 14.7 Å². The quantitative estimate of drug-likeness (QED) is 0.641. The molecule has 2 heterocycles. The zero-order valence-corrected chi connectivity index (χ0v) is 17.7. The third-order valence-corrected chi connectivity index (χ3v) is 5.29. The zero-order chi connectivity index (χ0) is 21.7. The van der Waals surface area contributed by atoms with Gasteiger partial charge in [0.15, 0.2) is 0 Å². The Morgan fingerprint density at radius 3 is 2.50 bits per heavy atom. The topological polar surface area (TPSA) is 116 Å². The standard InChI is InChI=1S/C19H21Cl2N5O4/c1-2-30-19(29)26-8-6-11(7-9-26)23-18(28)16-14(10-22-25-16)24-17(27)15-12(20)4-3-5-13(15)21/h3-5,10-11H,2,6-9H2,1H3,(H,22,25)(H,23,28)(H,24,27).